The minimum atomic E-state index is 0.136. The van der Waals surface area contributed by atoms with Crippen molar-refractivity contribution >= 4 is 0 Å². The number of ether oxygens (including phenoxy) is 1. The lowest BCUT2D eigenvalue weighted by Crippen LogP contribution is -2.49. The normalized spacial score (nSPS) is 19.7. The molecule has 1 fully saturated rings. The van der Waals surface area contributed by atoms with Crippen LogP contribution in [0.25, 0.3) is 0 Å². The number of rotatable bonds is 11. The van der Waals surface area contributed by atoms with Gasteiger partial charge in [-0.05, 0) is 26.3 Å². The molecule has 0 amide bonds. The van der Waals surface area contributed by atoms with Gasteiger partial charge in [0.15, 0.2) is 0 Å². The molecule has 0 saturated heterocycles. The van der Waals surface area contributed by atoms with E-state index in [1.807, 2.05) is 7.11 Å². The van der Waals surface area contributed by atoms with Gasteiger partial charge in [0.1, 0.15) is 0 Å². The van der Waals surface area contributed by atoms with Crippen molar-refractivity contribution in [2.24, 2.45) is 0 Å². The summed E-state index contributed by atoms with van der Waals surface area (Å²) in [5.74, 6) is 0. The van der Waals surface area contributed by atoms with Crippen LogP contribution in [0.2, 0.25) is 0 Å². The minimum Gasteiger partial charge on any atom is -0.377 e. The Labute approximate surface area is 120 Å². The maximum Gasteiger partial charge on any atom is 0.0830 e. The number of unbranched alkanes of at least 4 members (excludes halogenated alkanes) is 6. The second kappa shape index (κ2) is 9.77. The van der Waals surface area contributed by atoms with Crippen LogP contribution in [0.3, 0.4) is 0 Å². The van der Waals surface area contributed by atoms with Crippen LogP contribution in [0, 0.1) is 0 Å². The lowest BCUT2D eigenvalue weighted by molar-refractivity contribution is -0.0364. The van der Waals surface area contributed by atoms with Crippen LogP contribution in [-0.2, 0) is 4.74 Å². The van der Waals surface area contributed by atoms with Gasteiger partial charge in [-0.15, -0.1) is 0 Å². The topological polar surface area (TPSA) is 21.3 Å². The molecule has 0 bridgehead atoms. The Morgan fingerprint density at radius 2 is 1.58 bits per heavy atom. The van der Waals surface area contributed by atoms with E-state index in [9.17, 15) is 0 Å². The summed E-state index contributed by atoms with van der Waals surface area (Å²) >= 11 is 0. The SMILES string of the molecule is CCCCCCCCCC(NC)C1(OC)CCCC1. The van der Waals surface area contributed by atoms with Crippen LogP contribution in [0.5, 0.6) is 0 Å². The van der Waals surface area contributed by atoms with Gasteiger partial charge in [-0.1, -0.05) is 64.7 Å². The first kappa shape index (κ1) is 17.0. The summed E-state index contributed by atoms with van der Waals surface area (Å²) in [5.41, 5.74) is 0.136. The van der Waals surface area contributed by atoms with E-state index >= 15 is 0 Å². The monoisotopic (exact) mass is 269 g/mol. The summed E-state index contributed by atoms with van der Waals surface area (Å²) in [6.45, 7) is 2.28. The van der Waals surface area contributed by atoms with Crippen molar-refractivity contribution < 1.29 is 4.74 Å². The fraction of sp³-hybridized carbons (Fsp3) is 1.00. The summed E-state index contributed by atoms with van der Waals surface area (Å²) in [7, 11) is 4.01. The Bertz CT molecular complexity index is 211. The minimum absolute atomic E-state index is 0.136. The van der Waals surface area contributed by atoms with Gasteiger partial charge in [-0.3, -0.25) is 0 Å². The third-order valence-electron chi connectivity index (χ3n) is 4.94. The van der Waals surface area contributed by atoms with Crippen LogP contribution in [0.1, 0.15) is 84.0 Å². The average molecular weight is 269 g/mol. The van der Waals surface area contributed by atoms with E-state index in [-0.39, 0.29) is 5.60 Å². The molecule has 1 rings (SSSR count). The molecular weight excluding hydrogens is 234 g/mol. The molecular formula is C17H35NO. The zero-order chi connectivity index (χ0) is 14.0. The van der Waals surface area contributed by atoms with Crippen molar-refractivity contribution in [2.75, 3.05) is 14.2 Å². The Hall–Kier alpha value is -0.0800. The van der Waals surface area contributed by atoms with Crippen LogP contribution in [-0.4, -0.2) is 25.8 Å². The van der Waals surface area contributed by atoms with Gasteiger partial charge in [0, 0.05) is 13.2 Å². The molecule has 0 aliphatic heterocycles. The van der Waals surface area contributed by atoms with Crippen LogP contribution in [0.15, 0.2) is 0 Å². The second-order valence-electron chi connectivity index (χ2n) is 6.23. The summed E-state index contributed by atoms with van der Waals surface area (Å²) in [6.07, 6.45) is 16.2. The van der Waals surface area contributed by atoms with Gasteiger partial charge in [0.05, 0.1) is 5.60 Å². The maximum absolute atomic E-state index is 5.90. The van der Waals surface area contributed by atoms with E-state index in [0.29, 0.717) is 6.04 Å². The molecule has 2 nitrogen and oxygen atoms in total. The van der Waals surface area contributed by atoms with E-state index < -0.39 is 0 Å². The van der Waals surface area contributed by atoms with Crippen molar-refractivity contribution in [2.45, 2.75) is 95.6 Å². The van der Waals surface area contributed by atoms with Gasteiger partial charge >= 0.3 is 0 Å². The van der Waals surface area contributed by atoms with Crippen molar-refractivity contribution in [3.8, 4) is 0 Å². The summed E-state index contributed by atoms with van der Waals surface area (Å²) in [6, 6.07) is 0.552. The Balaban J connectivity index is 2.18. The van der Waals surface area contributed by atoms with Gasteiger partial charge in [0.25, 0.3) is 0 Å². The fourth-order valence-corrected chi connectivity index (χ4v) is 3.64. The Kier molecular flexibility index (Phi) is 8.72. The average Bonchev–Trinajstić information content (AvgIpc) is 2.92. The number of hydrogen-bond acceptors (Lipinski definition) is 2. The first-order valence-electron chi connectivity index (χ1n) is 8.51. The van der Waals surface area contributed by atoms with Gasteiger partial charge in [-0.25, -0.2) is 0 Å². The van der Waals surface area contributed by atoms with Crippen LogP contribution in [0.4, 0.5) is 0 Å². The molecule has 1 unspecified atom stereocenters. The third-order valence-corrected chi connectivity index (χ3v) is 4.94. The number of likely N-dealkylation sites (N-methyl/N-ethyl adjacent to an activating group) is 1. The molecule has 2 heteroatoms. The van der Waals surface area contributed by atoms with E-state index in [2.05, 4.69) is 19.3 Å². The van der Waals surface area contributed by atoms with Crippen molar-refractivity contribution in [3.05, 3.63) is 0 Å². The largest absolute Gasteiger partial charge is 0.377 e. The molecule has 1 N–H and O–H groups in total. The molecule has 1 aliphatic rings. The van der Waals surface area contributed by atoms with Crippen molar-refractivity contribution in [3.63, 3.8) is 0 Å². The molecule has 0 radical (unpaired) electrons. The predicted octanol–water partition coefficient (Wildman–Crippen LogP) is 4.67. The highest BCUT2D eigenvalue weighted by atomic mass is 16.5. The van der Waals surface area contributed by atoms with Gasteiger partial charge < -0.3 is 10.1 Å². The molecule has 0 spiro atoms. The van der Waals surface area contributed by atoms with E-state index in [0.717, 1.165) is 0 Å². The predicted molar refractivity (Wildman–Crippen MR) is 83.7 cm³/mol. The zero-order valence-electron chi connectivity index (χ0n) is 13.5. The maximum atomic E-state index is 5.90. The highest BCUT2D eigenvalue weighted by Crippen LogP contribution is 2.37. The first-order valence-corrected chi connectivity index (χ1v) is 8.51. The molecule has 0 aromatic heterocycles. The molecule has 19 heavy (non-hydrogen) atoms. The van der Waals surface area contributed by atoms with Crippen LogP contribution >= 0.6 is 0 Å². The lowest BCUT2D eigenvalue weighted by atomic mass is 9.88. The highest BCUT2D eigenvalue weighted by molar-refractivity contribution is 4.96. The highest BCUT2D eigenvalue weighted by Gasteiger charge is 2.40. The number of hydrogen-bond donors (Lipinski definition) is 1. The standard InChI is InChI=1S/C17H35NO/c1-4-5-6-7-8-9-10-13-16(18-2)17(19-3)14-11-12-15-17/h16,18H,4-15H2,1-3H3. The quantitative estimate of drug-likeness (QED) is 0.550. The van der Waals surface area contributed by atoms with E-state index in [1.54, 1.807) is 0 Å². The number of nitrogens with one attached hydrogen (secondary N) is 1. The molecule has 114 valence electrons. The van der Waals surface area contributed by atoms with Gasteiger partial charge in [-0.2, -0.15) is 0 Å². The Morgan fingerprint density at radius 3 is 2.11 bits per heavy atom. The summed E-state index contributed by atoms with van der Waals surface area (Å²) in [4.78, 5) is 0. The van der Waals surface area contributed by atoms with Crippen LogP contribution < -0.4 is 5.32 Å². The molecule has 0 heterocycles. The molecule has 0 aromatic rings. The first-order chi connectivity index (χ1) is 9.29. The fourth-order valence-electron chi connectivity index (χ4n) is 3.64. The molecule has 1 aliphatic carbocycles. The molecule has 1 atom stereocenters. The zero-order valence-corrected chi connectivity index (χ0v) is 13.5. The number of methoxy groups -OCH3 is 1. The molecule has 1 saturated carbocycles. The van der Waals surface area contributed by atoms with Crippen molar-refractivity contribution in [1.29, 1.82) is 0 Å². The third kappa shape index (κ3) is 5.43. The Morgan fingerprint density at radius 1 is 1.00 bits per heavy atom. The smallest absolute Gasteiger partial charge is 0.0830 e. The summed E-state index contributed by atoms with van der Waals surface area (Å²) in [5, 5.41) is 3.52. The van der Waals surface area contributed by atoms with Crippen molar-refractivity contribution in [1.82, 2.24) is 5.32 Å². The van der Waals surface area contributed by atoms with E-state index in [1.165, 1.54) is 77.0 Å². The van der Waals surface area contributed by atoms with E-state index in [4.69, 9.17) is 4.74 Å². The molecule has 0 aromatic carbocycles. The second-order valence-corrected chi connectivity index (χ2v) is 6.23. The van der Waals surface area contributed by atoms with Gasteiger partial charge in [0.2, 0.25) is 0 Å². The lowest BCUT2D eigenvalue weighted by Gasteiger charge is -2.36. The summed E-state index contributed by atoms with van der Waals surface area (Å²) < 4.78 is 5.90.